The fourth-order valence-electron chi connectivity index (χ4n) is 1.35. The number of aromatic nitrogens is 3. The van der Waals surface area contributed by atoms with E-state index in [2.05, 4.69) is 31.6 Å². The molecule has 0 aliphatic heterocycles. The second kappa shape index (κ2) is 6.07. The summed E-state index contributed by atoms with van der Waals surface area (Å²) in [6.07, 6.45) is 1.59. The van der Waals surface area contributed by atoms with E-state index in [4.69, 9.17) is 5.73 Å². The van der Waals surface area contributed by atoms with Crippen molar-refractivity contribution in [2.75, 3.05) is 6.54 Å². The molecule has 0 unspecified atom stereocenters. The van der Waals surface area contributed by atoms with Crippen molar-refractivity contribution in [3.05, 3.63) is 32.7 Å². The number of halogens is 1. The van der Waals surface area contributed by atoms with Gasteiger partial charge in [-0.3, -0.25) is 9.48 Å². The first-order valence-corrected chi connectivity index (χ1v) is 6.92. The molecule has 0 fully saturated rings. The van der Waals surface area contributed by atoms with Crippen molar-refractivity contribution in [3.8, 4) is 0 Å². The van der Waals surface area contributed by atoms with Gasteiger partial charge in [0, 0.05) is 11.4 Å². The average Bonchev–Trinajstić information content (AvgIpc) is 2.96. The second-order valence-electron chi connectivity index (χ2n) is 3.54. The third-order valence-corrected chi connectivity index (χ3v) is 3.81. The van der Waals surface area contributed by atoms with Crippen LogP contribution in [0.1, 0.15) is 15.4 Å². The van der Waals surface area contributed by atoms with Gasteiger partial charge in [0.15, 0.2) is 5.69 Å². The summed E-state index contributed by atoms with van der Waals surface area (Å²) in [5, 5.41) is 10.4. The molecular weight excluding hydrogens is 318 g/mol. The SMILES string of the molecule is NCCn1cc(C(=O)NCc2ccc(Br)s2)nn1. The first-order chi connectivity index (χ1) is 8.69. The molecule has 2 aromatic heterocycles. The normalized spacial score (nSPS) is 10.6. The minimum absolute atomic E-state index is 0.234. The van der Waals surface area contributed by atoms with Crippen molar-refractivity contribution in [1.29, 1.82) is 0 Å². The van der Waals surface area contributed by atoms with Gasteiger partial charge in [-0.2, -0.15) is 0 Å². The lowest BCUT2D eigenvalue weighted by Gasteiger charge is -1.99. The van der Waals surface area contributed by atoms with Crippen LogP contribution in [-0.4, -0.2) is 27.4 Å². The van der Waals surface area contributed by atoms with Gasteiger partial charge in [0.25, 0.3) is 5.91 Å². The number of carbonyl (C=O) groups excluding carboxylic acids is 1. The number of nitrogens with two attached hydrogens (primary N) is 1. The van der Waals surface area contributed by atoms with E-state index < -0.39 is 0 Å². The summed E-state index contributed by atoms with van der Waals surface area (Å²) < 4.78 is 2.59. The van der Waals surface area contributed by atoms with Crippen LogP contribution < -0.4 is 11.1 Å². The summed E-state index contributed by atoms with van der Waals surface area (Å²) in [5.41, 5.74) is 5.70. The highest BCUT2D eigenvalue weighted by atomic mass is 79.9. The molecular formula is C10H12BrN5OS. The van der Waals surface area contributed by atoms with Gasteiger partial charge < -0.3 is 11.1 Å². The van der Waals surface area contributed by atoms with Crippen LogP contribution in [0.15, 0.2) is 22.1 Å². The Morgan fingerprint density at radius 3 is 3.06 bits per heavy atom. The minimum atomic E-state index is -0.234. The minimum Gasteiger partial charge on any atom is -0.346 e. The number of rotatable bonds is 5. The van der Waals surface area contributed by atoms with Crippen LogP contribution in [0.3, 0.4) is 0 Å². The molecule has 0 radical (unpaired) electrons. The predicted octanol–water partition coefficient (Wildman–Crippen LogP) is 0.991. The lowest BCUT2D eigenvalue weighted by molar-refractivity contribution is 0.0946. The van der Waals surface area contributed by atoms with Crippen LogP contribution >= 0.6 is 27.3 Å². The second-order valence-corrected chi connectivity index (χ2v) is 6.09. The molecule has 0 aliphatic rings. The van der Waals surface area contributed by atoms with Crippen LogP contribution in [0.2, 0.25) is 0 Å². The zero-order valence-electron chi connectivity index (χ0n) is 9.47. The monoisotopic (exact) mass is 329 g/mol. The molecule has 1 amide bonds. The molecule has 6 nitrogen and oxygen atoms in total. The molecule has 0 aliphatic carbocycles. The molecule has 0 saturated heterocycles. The fraction of sp³-hybridized carbons (Fsp3) is 0.300. The maximum atomic E-state index is 11.8. The summed E-state index contributed by atoms with van der Waals surface area (Å²) in [5.74, 6) is -0.234. The highest BCUT2D eigenvalue weighted by Gasteiger charge is 2.10. The Hall–Kier alpha value is -1.25. The van der Waals surface area contributed by atoms with Gasteiger partial charge in [-0.1, -0.05) is 5.21 Å². The van der Waals surface area contributed by atoms with E-state index in [1.807, 2.05) is 12.1 Å². The van der Waals surface area contributed by atoms with E-state index in [0.29, 0.717) is 25.3 Å². The maximum absolute atomic E-state index is 11.8. The molecule has 0 spiro atoms. The molecule has 2 rings (SSSR count). The van der Waals surface area contributed by atoms with Crippen molar-refractivity contribution in [2.45, 2.75) is 13.1 Å². The molecule has 0 saturated carbocycles. The number of hydrogen-bond donors (Lipinski definition) is 2. The number of hydrogen-bond acceptors (Lipinski definition) is 5. The third kappa shape index (κ3) is 3.37. The summed E-state index contributed by atoms with van der Waals surface area (Å²) in [7, 11) is 0. The molecule has 8 heteroatoms. The summed E-state index contributed by atoms with van der Waals surface area (Å²) >= 11 is 4.96. The topological polar surface area (TPSA) is 85.8 Å². The van der Waals surface area contributed by atoms with Crippen molar-refractivity contribution in [3.63, 3.8) is 0 Å². The largest absolute Gasteiger partial charge is 0.346 e. The highest BCUT2D eigenvalue weighted by molar-refractivity contribution is 9.11. The fourth-order valence-corrected chi connectivity index (χ4v) is 2.77. The van der Waals surface area contributed by atoms with Crippen LogP contribution in [0, 0.1) is 0 Å². The van der Waals surface area contributed by atoms with E-state index in [1.165, 1.54) is 0 Å². The smallest absolute Gasteiger partial charge is 0.273 e. The molecule has 0 aromatic carbocycles. The van der Waals surface area contributed by atoms with Crippen molar-refractivity contribution >= 4 is 33.2 Å². The van der Waals surface area contributed by atoms with E-state index >= 15 is 0 Å². The summed E-state index contributed by atoms with van der Waals surface area (Å²) in [6, 6.07) is 3.91. The Kier molecular flexibility index (Phi) is 4.45. The van der Waals surface area contributed by atoms with E-state index in [-0.39, 0.29) is 5.91 Å². The number of nitrogens with one attached hydrogen (secondary N) is 1. The third-order valence-electron chi connectivity index (χ3n) is 2.18. The van der Waals surface area contributed by atoms with Crippen molar-refractivity contribution in [1.82, 2.24) is 20.3 Å². The Balaban J connectivity index is 1.90. The van der Waals surface area contributed by atoms with Crippen LogP contribution in [-0.2, 0) is 13.1 Å². The Morgan fingerprint density at radius 1 is 1.56 bits per heavy atom. The summed E-state index contributed by atoms with van der Waals surface area (Å²) in [6.45, 7) is 1.50. The van der Waals surface area contributed by atoms with Gasteiger partial charge in [-0.25, -0.2) is 0 Å². The number of thiophene rings is 1. The molecule has 0 atom stereocenters. The maximum Gasteiger partial charge on any atom is 0.273 e. The standard InChI is InChI=1S/C10H12BrN5OS/c11-9-2-1-7(18-9)5-13-10(17)8-6-16(4-3-12)15-14-8/h1-2,6H,3-5,12H2,(H,13,17). The van der Waals surface area contributed by atoms with Crippen LogP contribution in [0.4, 0.5) is 0 Å². The Bertz CT molecular complexity index is 538. The molecule has 3 N–H and O–H groups in total. The predicted molar refractivity (Wildman–Crippen MR) is 72.3 cm³/mol. The van der Waals surface area contributed by atoms with Gasteiger partial charge in [-0.05, 0) is 28.1 Å². The summed E-state index contributed by atoms with van der Waals surface area (Å²) in [4.78, 5) is 12.9. The van der Waals surface area contributed by atoms with E-state index in [0.717, 1.165) is 8.66 Å². The zero-order valence-corrected chi connectivity index (χ0v) is 11.9. The van der Waals surface area contributed by atoms with Gasteiger partial charge in [-0.15, -0.1) is 16.4 Å². The first-order valence-electron chi connectivity index (χ1n) is 5.31. The van der Waals surface area contributed by atoms with Crippen molar-refractivity contribution < 1.29 is 4.79 Å². The van der Waals surface area contributed by atoms with Crippen LogP contribution in [0.25, 0.3) is 0 Å². The number of amides is 1. The Morgan fingerprint density at radius 2 is 2.39 bits per heavy atom. The average molecular weight is 330 g/mol. The zero-order chi connectivity index (χ0) is 13.0. The molecule has 96 valence electrons. The number of nitrogens with zero attached hydrogens (tertiary/aromatic N) is 3. The lowest BCUT2D eigenvalue weighted by Crippen LogP contribution is -2.22. The van der Waals surface area contributed by atoms with Gasteiger partial charge in [0.1, 0.15) is 0 Å². The molecule has 2 heterocycles. The van der Waals surface area contributed by atoms with Gasteiger partial charge >= 0.3 is 0 Å². The van der Waals surface area contributed by atoms with Gasteiger partial charge in [0.2, 0.25) is 0 Å². The number of carbonyl (C=O) groups is 1. The Labute approximate surface area is 116 Å². The lowest BCUT2D eigenvalue weighted by atomic mass is 10.4. The highest BCUT2D eigenvalue weighted by Crippen LogP contribution is 2.21. The quantitative estimate of drug-likeness (QED) is 0.856. The first kappa shape index (κ1) is 13.2. The molecule has 2 aromatic rings. The van der Waals surface area contributed by atoms with E-state index in [1.54, 1.807) is 22.2 Å². The van der Waals surface area contributed by atoms with Crippen LogP contribution in [0.5, 0.6) is 0 Å². The van der Waals surface area contributed by atoms with Gasteiger partial charge in [0.05, 0.1) is 23.1 Å². The molecule has 0 bridgehead atoms. The van der Waals surface area contributed by atoms with Crippen molar-refractivity contribution in [2.24, 2.45) is 5.73 Å². The molecule has 18 heavy (non-hydrogen) atoms. The van der Waals surface area contributed by atoms with E-state index in [9.17, 15) is 4.79 Å².